The van der Waals surface area contributed by atoms with E-state index in [9.17, 15) is 18.0 Å². The van der Waals surface area contributed by atoms with Crippen molar-refractivity contribution in [3.05, 3.63) is 17.0 Å². The standard InChI is InChI=1S/C9H10F3N3O/c10-9(11,12)8-5-2-1-3-6(5)15(14-8)4-7(13)16/h1-4H2,(H2,13,16). The number of carbonyl (C=O) groups excluding carboxylic acids is 1. The Morgan fingerprint density at radius 1 is 1.44 bits per heavy atom. The number of halogens is 3. The van der Waals surface area contributed by atoms with Crippen LogP contribution in [0.1, 0.15) is 23.4 Å². The van der Waals surface area contributed by atoms with Gasteiger partial charge in [-0.25, -0.2) is 0 Å². The third-order valence-corrected chi connectivity index (χ3v) is 2.58. The largest absolute Gasteiger partial charge is 0.435 e. The predicted octanol–water partition coefficient (Wildman–Crippen LogP) is 0.876. The lowest BCUT2D eigenvalue weighted by atomic mass is 10.2. The Labute approximate surface area is 89.2 Å². The van der Waals surface area contributed by atoms with Gasteiger partial charge in [-0.3, -0.25) is 9.48 Å². The number of hydrogen-bond acceptors (Lipinski definition) is 2. The maximum absolute atomic E-state index is 12.6. The Hall–Kier alpha value is -1.53. The summed E-state index contributed by atoms with van der Waals surface area (Å²) in [4.78, 5) is 10.7. The number of alkyl halides is 3. The van der Waals surface area contributed by atoms with E-state index in [4.69, 9.17) is 5.73 Å². The van der Waals surface area contributed by atoms with Crippen molar-refractivity contribution in [1.82, 2.24) is 9.78 Å². The monoisotopic (exact) mass is 233 g/mol. The fourth-order valence-corrected chi connectivity index (χ4v) is 2.02. The molecule has 7 heteroatoms. The predicted molar refractivity (Wildman–Crippen MR) is 48.4 cm³/mol. The zero-order chi connectivity index (χ0) is 11.9. The van der Waals surface area contributed by atoms with E-state index in [0.717, 1.165) is 4.68 Å². The lowest BCUT2D eigenvalue weighted by Gasteiger charge is -2.04. The highest BCUT2D eigenvalue weighted by molar-refractivity contribution is 5.73. The van der Waals surface area contributed by atoms with Gasteiger partial charge in [-0.05, 0) is 19.3 Å². The summed E-state index contributed by atoms with van der Waals surface area (Å²) < 4.78 is 38.9. The van der Waals surface area contributed by atoms with E-state index in [2.05, 4.69) is 5.10 Å². The lowest BCUT2D eigenvalue weighted by molar-refractivity contribution is -0.142. The van der Waals surface area contributed by atoms with Gasteiger partial charge in [0.05, 0.1) is 0 Å². The molecule has 0 aliphatic heterocycles. The van der Waals surface area contributed by atoms with Crippen LogP contribution in [0.15, 0.2) is 0 Å². The van der Waals surface area contributed by atoms with Crippen molar-refractivity contribution in [3.63, 3.8) is 0 Å². The molecule has 0 aromatic carbocycles. The first-order valence-electron chi connectivity index (χ1n) is 4.83. The molecule has 16 heavy (non-hydrogen) atoms. The molecule has 2 rings (SSSR count). The first-order chi connectivity index (χ1) is 7.39. The molecule has 0 fully saturated rings. The molecule has 0 atom stereocenters. The van der Waals surface area contributed by atoms with E-state index < -0.39 is 17.8 Å². The minimum Gasteiger partial charge on any atom is -0.368 e. The molecular formula is C9H10F3N3O. The molecule has 0 bridgehead atoms. The second-order valence-corrected chi connectivity index (χ2v) is 3.75. The summed E-state index contributed by atoms with van der Waals surface area (Å²) in [5.74, 6) is -0.689. The molecule has 4 nitrogen and oxygen atoms in total. The van der Waals surface area contributed by atoms with E-state index in [1.54, 1.807) is 0 Å². The molecule has 88 valence electrons. The summed E-state index contributed by atoms with van der Waals surface area (Å²) in [5, 5.41) is 3.43. The molecule has 1 aromatic heterocycles. The van der Waals surface area contributed by atoms with Crippen LogP contribution in [0.25, 0.3) is 0 Å². The summed E-state index contributed by atoms with van der Waals surface area (Å²) in [5.41, 5.74) is 4.79. The van der Waals surface area contributed by atoms with Crippen LogP contribution in [0, 0.1) is 0 Å². The zero-order valence-corrected chi connectivity index (χ0v) is 8.34. The van der Waals surface area contributed by atoms with Gasteiger partial charge in [-0.2, -0.15) is 18.3 Å². The molecule has 0 unspecified atom stereocenters. The van der Waals surface area contributed by atoms with Crippen LogP contribution in [-0.2, 0) is 30.4 Å². The Kier molecular flexibility index (Phi) is 2.40. The van der Waals surface area contributed by atoms with Gasteiger partial charge in [0, 0.05) is 11.3 Å². The zero-order valence-electron chi connectivity index (χ0n) is 8.34. The van der Waals surface area contributed by atoms with Crippen molar-refractivity contribution in [2.45, 2.75) is 32.0 Å². The average molecular weight is 233 g/mol. The van der Waals surface area contributed by atoms with Gasteiger partial charge in [0.25, 0.3) is 0 Å². The van der Waals surface area contributed by atoms with Crippen LogP contribution < -0.4 is 5.73 Å². The minimum absolute atomic E-state index is 0.216. The van der Waals surface area contributed by atoms with E-state index in [1.807, 2.05) is 0 Å². The second kappa shape index (κ2) is 3.50. The van der Waals surface area contributed by atoms with Crippen molar-refractivity contribution < 1.29 is 18.0 Å². The topological polar surface area (TPSA) is 60.9 Å². The second-order valence-electron chi connectivity index (χ2n) is 3.75. The van der Waals surface area contributed by atoms with Crippen molar-refractivity contribution in [1.29, 1.82) is 0 Å². The summed E-state index contributed by atoms with van der Waals surface area (Å²) >= 11 is 0. The number of amides is 1. The number of rotatable bonds is 2. The van der Waals surface area contributed by atoms with Crippen LogP contribution in [0.3, 0.4) is 0 Å². The number of nitrogens with two attached hydrogens (primary N) is 1. The fraction of sp³-hybridized carbons (Fsp3) is 0.556. The molecular weight excluding hydrogens is 223 g/mol. The Bertz CT molecular complexity index is 436. The summed E-state index contributed by atoms with van der Waals surface area (Å²) in [6.07, 6.45) is -2.92. The summed E-state index contributed by atoms with van der Waals surface area (Å²) in [6.45, 7) is -0.293. The number of hydrogen-bond donors (Lipinski definition) is 1. The van der Waals surface area contributed by atoms with Gasteiger partial charge in [-0.1, -0.05) is 0 Å². The number of carbonyl (C=O) groups is 1. The molecule has 1 heterocycles. The number of fused-ring (bicyclic) bond motifs is 1. The van der Waals surface area contributed by atoms with Crippen LogP contribution in [0.5, 0.6) is 0 Å². The van der Waals surface area contributed by atoms with E-state index in [-0.39, 0.29) is 12.1 Å². The first-order valence-corrected chi connectivity index (χ1v) is 4.83. The van der Waals surface area contributed by atoms with Crippen molar-refractivity contribution in [3.8, 4) is 0 Å². The minimum atomic E-state index is -4.46. The first kappa shape index (κ1) is 11.0. The quantitative estimate of drug-likeness (QED) is 0.824. The normalized spacial score (nSPS) is 15.2. The fourth-order valence-electron chi connectivity index (χ4n) is 2.02. The molecule has 0 spiro atoms. The average Bonchev–Trinajstić information content (AvgIpc) is 2.65. The molecule has 1 amide bonds. The Morgan fingerprint density at radius 3 is 2.69 bits per heavy atom. The van der Waals surface area contributed by atoms with Crippen LogP contribution in [0.4, 0.5) is 13.2 Å². The SMILES string of the molecule is NC(=O)Cn1nc(C(F)(F)F)c2c1CCC2. The maximum Gasteiger partial charge on any atom is 0.435 e. The molecule has 0 saturated heterocycles. The Balaban J connectivity index is 2.45. The highest BCUT2D eigenvalue weighted by atomic mass is 19.4. The van der Waals surface area contributed by atoms with Gasteiger partial charge in [-0.15, -0.1) is 0 Å². The molecule has 2 N–H and O–H groups in total. The van der Waals surface area contributed by atoms with Gasteiger partial charge in [0.1, 0.15) is 6.54 Å². The van der Waals surface area contributed by atoms with E-state index in [1.165, 1.54) is 0 Å². The molecule has 0 saturated carbocycles. The third kappa shape index (κ3) is 1.77. The summed E-state index contributed by atoms with van der Waals surface area (Å²) in [7, 11) is 0. The highest BCUT2D eigenvalue weighted by Crippen LogP contribution is 2.36. The van der Waals surface area contributed by atoms with Gasteiger partial charge < -0.3 is 5.73 Å². The third-order valence-electron chi connectivity index (χ3n) is 2.58. The van der Waals surface area contributed by atoms with E-state index in [0.29, 0.717) is 25.0 Å². The highest BCUT2D eigenvalue weighted by Gasteiger charge is 2.40. The molecule has 1 aromatic rings. The maximum atomic E-state index is 12.6. The van der Waals surface area contributed by atoms with Crippen LogP contribution in [0.2, 0.25) is 0 Å². The molecule has 0 radical (unpaired) electrons. The van der Waals surface area contributed by atoms with E-state index >= 15 is 0 Å². The smallest absolute Gasteiger partial charge is 0.368 e. The summed E-state index contributed by atoms with van der Waals surface area (Å²) in [6, 6.07) is 0. The molecule has 1 aliphatic carbocycles. The van der Waals surface area contributed by atoms with Crippen molar-refractivity contribution in [2.75, 3.05) is 0 Å². The number of aromatic nitrogens is 2. The van der Waals surface area contributed by atoms with Crippen molar-refractivity contribution in [2.24, 2.45) is 5.73 Å². The van der Waals surface area contributed by atoms with Gasteiger partial charge in [0.15, 0.2) is 5.69 Å². The Morgan fingerprint density at radius 2 is 2.12 bits per heavy atom. The van der Waals surface area contributed by atoms with Gasteiger partial charge >= 0.3 is 6.18 Å². The molecule has 1 aliphatic rings. The van der Waals surface area contributed by atoms with Crippen molar-refractivity contribution >= 4 is 5.91 Å². The van der Waals surface area contributed by atoms with Crippen LogP contribution in [-0.4, -0.2) is 15.7 Å². The van der Waals surface area contributed by atoms with Gasteiger partial charge in [0.2, 0.25) is 5.91 Å². The van der Waals surface area contributed by atoms with Crippen LogP contribution >= 0.6 is 0 Å². The number of nitrogens with zero attached hydrogens (tertiary/aromatic N) is 2. The number of primary amides is 1. The lowest BCUT2D eigenvalue weighted by Crippen LogP contribution is -2.21.